The lowest BCUT2D eigenvalue weighted by Gasteiger charge is -2.40. The van der Waals surface area contributed by atoms with E-state index in [0.29, 0.717) is 5.54 Å². The van der Waals surface area contributed by atoms with E-state index in [1.54, 1.807) is 6.33 Å². The Morgan fingerprint density at radius 2 is 2.10 bits per heavy atom. The SMILES string of the molecule is Brc1cnc(N2CCC3(CCCN3)CC2)n2cnnc12. The molecule has 0 aromatic carbocycles. The zero-order chi connectivity index (χ0) is 13.6. The third kappa shape index (κ3) is 1.91. The van der Waals surface area contributed by atoms with Crippen molar-refractivity contribution >= 4 is 27.5 Å². The monoisotopic (exact) mass is 336 g/mol. The molecule has 0 saturated carbocycles. The van der Waals surface area contributed by atoms with Crippen LogP contribution in [0.1, 0.15) is 25.7 Å². The summed E-state index contributed by atoms with van der Waals surface area (Å²) in [7, 11) is 0. The molecule has 1 N–H and O–H groups in total. The van der Waals surface area contributed by atoms with Crippen LogP contribution in [0, 0.1) is 0 Å². The van der Waals surface area contributed by atoms with Crippen LogP contribution in [0.3, 0.4) is 0 Å². The first-order chi connectivity index (χ1) is 9.77. The van der Waals surface area contributed by atoms with Gasteiger partial charge in [-0.2, -0.15) is 0 Å². The fourth-order valence-corrected chi connectivity index (χ4v) is 3.82. The molecule has 1 spiro atoms. The molecule has 7 heteroatoms. The zero-order valence-electron chi connectivity index (χ0n) is 11.2. The fourth-order valence-electron chi connectivity index (χ4n) is 3.44. The zero-order valence-corrected chi connectivity index (χ0v) is 12.8. The van der Waals surface area contributed by atoms with Crippen molar-refractivity contribution in [3.63, 3.8) is 0 Å². The highest BCUT2D eigenvalue weighted by atomic mass is 79.9. The second kappa shape index (κ2) is 4.66. The third-order valence-electron chi connectivity index (χ3n) is 4.61. The Morgan fingerprint density at radius 1 is 1.25 bits per heavy atom. The summed E-state index contributed by atoms with van der Waals surface area (Å²) in [6.45, 7) is 3.25. The molecule has 2 fully saturated rings. The number of aromatic nitrogens is 4. The Kier molecular flexibility index (Phi) is 2.92. The van der Waals surface area contributed by atoms with Gasteiger partial charge in [-0.1, -0.05) is 0 Å². The summed E-state index contributed by atoms with van der Waals surface area (Å²) in [5, 5.41) is 11.8. The summed E-state index contributed by atoms with van der Waals surface area (Å²) in [5.41, 5.74) is 1.22. The standard InChI is InChI=1S/C13H17BrN6/c14-10-8-15-12(20-9-17-18-11(10)20)19-6-3-13(4-7-19)2-1-5-16-13/h8-9,16H,1-7H2. The second-order valence-corrected chi connectivity index (χ2v) is 6.58. The van der Waals surface area contributed by atoms with Crippen LogP contribution in [0.2, 0.25) is 0 Å². The molecule has 106 valence electrons. The van der Waals surface area contributed by atoms with E-state index < -0.39 is 0 Å². The number of rotatable bonds is 1. The molecule has 6 nitrogen and oxygen atoms in total. The lowest BCUT2D eigenvalue weighted by Crippen LogP contribution is -2.50. The Labute approximate surface area is 125 Å². The van der Waals surface area contributed by atoms with Crippen LogP contribution in [-0.2, 0) is 0 Å². The molecule has 2 aromatic heterocycles. The summed E-state index contributed by atoms with van der Waals surface area (Å²) in [6, 6.07) is 0. The lowest BCUT2D eigenvalue weighted by molar-refractivity contribution is 0.295. The van der Waals surface area contributed by atoms with Crippen LogP contribution in [-0.4, -0.2) is 44.8 Å². The Balaban J connectivity index is 1.61. The van der Waals surface area contributed by atoms with Crippen molar-refractivity contribution in [2.24, 2.45) is 0 Å². The number of hydrogen-bond donors (Lipinski definition) is 1. The summed E-state index contributed by atoms with van der Waals surface area (Å²) in [5.74, 6) is 0.945. The summed E-state index contributed by atoms with van der Waals surface area (Å²) in [6.07, 6.45) is 8.56. The van der Waals surface area contributed by atoms with Crippen molar-refractivity contribution in [1.82, 2.24) is 24.9 Å². The number of fused-ring (bicyclic) bond motifs is 1. The average molecular weight is 337 g/mol. The first-order valence-electron chi connectivity index (χ1n) is 7.12. The van der Waals surface area contributed by atoms with Gasteiger partial charge in [-0.05, 0) is 48.2 Å². The van der Waals surface area contributed by atoms with Crippen LogP contribution >= 0.6 is 15.9 Å². The van der Waals surface area contributed by atoms with Crippen LogP contribution in [0.4, 0.5) is 5.95 Å². The third-order valence-corrected chi connectivity index (χ3v) is 5.17. The van der Waals surface area contributed by atoms with Crippen molar-refractivity contribution in [2.75, 3.05) is 24.5 Å². The second-order valence-electron chi connectivity index (χ2n) is 5.73. The van der Waals surface area contributed by atoms with E-state index in [1.165, 1.54) is 32.2 Å². The minimum atomic E-state index is 0.387. The molecule has 20 heavy (non-hydrogen) atoms. The van der Waals surface area contributed by atoms with Gasteiger partial charge in [-0.15, -0.1) is 10.2 Å². The van der Waals surface area contributed by atoms with Crippen molar-refractivity contribution < 1.29 is 0 Å². The predicted octanol–water partition coefficient (Wildman–Crippen LogP) is 1.61. The Bertz CT molecular complexity index is 623. The maximum atomic E-state index is 4.56. The summed E-state index contributed by atoms with van der Waals surface area (Å²) < 4.78 is 2.84. The molecule has 0 radical (unpaired) electrons. The van der Waals surface area contributed by atoms with E-state index >= 15 is 0 Å². The van der Waals surface area contributed by atoms with E-state index in [2.05, 4.69) is 41.3 Å². The molecule has 2 saturated heterocycles. The lowest BCUT2D eigenvalue weighted by atomic mass is 9.86. The number of nitrogens with zero attached hydrogens (tertiary/aromatic N) is 5. The normalized spacial score (nSPS) is 21.9. The minimum Gasteiger partial charge on any atom is -0.342 e. The van der Waals surface area contributed by atoms with E-state index in [4.69, 9.17) is 0 Å². The molecule has 0 bridgehead atoms. The van der Waals surface area contributed by atoms with Crippen molar-refractivity contribution in [3.05, 3.63) is 17.0 Å². The van der Waals surface area contributed by atoms with Gasteiger partial charge < -0.3 is 10.2 Å². The molecular formula is C13H17BrN6. The topological polar surface area (TPSA) is 58.4 Å². The van der Waals surface area contributed by atoms with Gasteiger partial charge in [-0.25, -0.2) is 9.38 Å². The van der Waals surface area contributed by atoms with Gasteiger partial charge in [0.15, 0.2) is 5.65 Å². The smallest absolute Gasteiger partial charge is 0.212 e. The van der Waals surface area contributed by atoms with Gasteiger partial charge in [0.2, 0.25) is 5.95 Å². The Hall–Kier alpha value is -1.21. The first-order valence-corrected chi connectivity index (χ1v) is 7.91. The molecular weight excluding hydrogens is 320 g/mol. The average Bonchev–Trinajstić information content (AvgIpc) is 3.11. The van der Waals surface area contributed by atoms with Gasteiger partial charge >= 0.3 is 0 Å². The van der Waals surface area contributed by atoms with Crippen LogP contribution in [0.15, 0.2) is 17.0 Å². The molecule has 2 aliphatic rings. The number of anilines is 1. The highest BCUT2D eigenvalue weighted by Crippen LogP contribution is 2.32. The molecule has 2 aliphatic heterocycles. The minimum absolute atomic E-state index is 0.387. The summed E-state index contributed by atoms with van der Waals surface area (Å²) >= 11 is 3.47. The molecule has 0 aliphatic carbocycles. The maximum absolute atomic E-state index is 4.56. The van der Waals surface area contributed by atoms with Gasteiger partial charge in [-0.3, -0.25) is 0 Å². The van der Waals surface area contributed by atoms with Gasteiger partial charge in [0.1, 0.15) is 6.33 Å². The van der Waals surface area contributed by atoms with Crippen molar-refractivity contribution in [3.8, 4) is 0 Å². The van der Waals surface area contributed by atoms with Crippen LogP contribution in [0.5, 0.6) is 0 Å². The molecule has 0 unspecified atom stereocenters. The largest absolute Gasteiger partial charge is 0.342 e. The molecule has 4 rings (SSSR count). The van der Waals surface area contributed by atoms with Crippen LogP contribution in [0.25, 0.3) is 5.65 Å². The van der Waals surface area contributed by atoms with E-state index in [-0.39, 0.29) is 0 Å². The van der Waals surface area contributed by atoms with E-state index in [0.717, 1.165) is 29.2 Å². The number of hydrogen-bond acceptors (Lipinski definition) is 5. The van der Waals surface area contributed by atoms with Crippen LogP contribution < -0.4 is 10.2 Å². The first kappa shape index (κ1) is 12.5. The number of piperidine rings is 1. The van der Waals surface area contributed by atoms with Gasteiger partial charge in [0.25, 0.3) is 0 Å². The number of halogens is 1. The van der Waals surface area contributed by atoms with Crippen molar-refractivity contribution in [1.29, 1.82) is 0 Å². The van der Waals surface area contributed by atoms with E-state index in [9.17, 15) is 0 Å². The molecule has 4 heterocycles. The van der Waals surface area contributed by atoms with Gasteiger partial charge in [0, 0.05) is 24.8 Å². The fraction of sp³-hybridized carbons (Fsp3) is 0.615. The predicted molar refractivity (Wildman–Crippen MR) is 79.9 cm³/mol. The maximum Gasteiger partial charge on any atom is 0.212 e. The Morgan fingerprint density at radius 3 is 2.85 bits per heavy atom. The molecule has 2 aromatic rings. The number of nitrogens with one attached hydrogen (secondary N) is 1. The van der Waals surface area contributed by atoms with Crippen molar-refractivity contribution in [2.45, 2.75) is 31.2 Å². The summed E-state index contributed by atoms with van der Waals surface area (Å²) in [4.78, 5) is 6.90. The quantitative estimate of drug-likeness (QED) is 0.857. The van der Waals surface area contributed by atoms with Gasteiger partial charge in [0.05, 0.1) is 4.47 Å². The molecule has 0 amide bonds. The molecule has 0 atom stereocenters. The highest BCUT2D eigenvalue weighted by Gasteiger charge is 2.37. The van der Waals surface area contributed by atoms with E-state index in [1.807, 2.05) is 10.6 Å². The highest BCUT2D eigenvalue weighted by molar-refractivity contribution is 9.10.